The highest BCUT2D eigenvalue weighted by molar-refractivity contribution is 6.23. The Hall–Kier alpha value is -3.74. The van der Waals surface area contributed by atoms with E-state index in [4.69, 9.17) is 5.26 Å². The van der Waals surface area contributed by atoms with E-state index in [1.165, 1.54) is 0 Å². The Morgan fingerprint density at radius 2 is 1.43 bits per heavy atom. The maximum absolute atomic E-state index is 13.2. The van der Waals surface area contributed by atoms with Crippen molar-refractivity contribution in [2.24, 2.45) is 4.99 Å². The van der Waals surface area contributed by atoms with Crippen LogP contribution in [0.25, 0.3) is 22.5 Å². The van der Waals surface area contributed by atoms with E-state index in [0.29, 0.717) is 23.3 Å². The Labute approximate surface area is 165 Å². The summed E-state index contributed by atoms with van der Waals surface area (Å²) in [6.45, 7) is 0. The number of hydrogen-bond acceptors (Lipinski definition) is 4. The van der Waals surface area contributed by atoms with Crippen molar-refractivity contribution in [3.8, 4) is 28.7 Å². The topological polar surface area (TPSA) is 61.9 Å². The van der Waals surface area contributed by atoms with E-state index in [-0.39, 0.29) is 34.4 Å². The normalized spacial score (nSPS) is 14.4. The number of hydrogen-bond donors (Lipinski definition) is 0. The lowest BCUT2D eigenvalue weighted by Gasteiger charge is -2.14. The van der Waals surface area contributed by atoms with Gasteiger partial charge in [0.1, 0.15) is 11.4 Å². The van der Waals surface area contributed by atoms with Gasteiger partial charge in [0.25, 0.3) is 0 Å². The second-order valence-electron chi connectivity index (χ2n) is 6.35. The second-order valence-corrected chi connectivity index (χ2v) is 6.35. The zero-order valence-electron chi connectivity index (χ0n) is 14.7. The molecule has 0 aliphatic heterocycles. The number of fused-ring (bicyclic) bond motifs is 3. The summed E-state index contributed by atoms with van der Waals surface area (Å²) < 4.78 is 78.9. The fraction of sp³-hybridized carbons (Fsp3) is 0.100. The third kappa shape index (κ3) is 3.28. The molecule has 0 unspecified atom stereocenters. The number of aromatic nitrogens is 2. The van der Waals surface area contributed by atoms with Crippen molar-refractivity contribution < 1.29 is 26.3 Å². The molecular weight excluding hydrogens is 410 g/mol. The smallest absolute Gasteiger partial charge is 0.250 e. The molecule has 0 saturated carbocycles. The van der Waals surface area contributed by atoms with Crippen LogP contribution in [-0.2, 0) is 12.4 Å². The molecule has 1 aromatic heterocycles. The maximum Gasteiger partial charge on any atom is 0.416 e. The quantitative estimate of drug-likeness (QED) is 0.304. The van der Waals surface area contributed by atoms with E-state index >= 15 is 0 Å². The van der Waals surface area contributed by atoms with Crippen LogP contribution >= 0.6 is 0 Å². The van der Waals surface area contributed by atoms with Gasteiger partial charge in [0.15, 0.2) is 0 Å². The lowest BCUT2D eigenvalue weighted by atomic mass is 10.0. The fourth-order valence-electron chi connectivity index (χ4n) is 3.18. The summed E-state index contributed by atoms with van der Waals surface area (Å²) in [5, 5.41) is 8.93. The number of nitriles is 1. The molecule has 10 heteroatoms. The average molecular weight is 418 g/mol. The molecule has 2 aromatic carbocycles. The zero-order valence-corrected chi connectivity index (χ0v) is 14.7. The first kappa shape index (κ1) is 19.6. The van der Waals surface area contributed by atoms with Crippen molar-refractivity contribution in [3.05, 3.63) is 71.0 Å². The first-order chi connectivity index (χ1) is 14.1. The van der Waals surface area contributed by atoms with Gasteiger partial charge in [0, 0.05) is 16.7 Å². The number of halogens is 6. The minimum atomic E-state index is -4.97. The minimum Gasteiger partial charge on any atom is -0.250 e. The monoisotopic (exact) mass is 418 g/mol. The Kier molecular flexibility index (Phi) is 4.34. The van der Waals surface area contributed by atoms with Gasteiger partial charge in [0.05, 0.1) is 28.7 Å². The molecule has 0 amide bonds. The number of benzene rings is 2. The van der Waals surface area contributed by atoms with Crippen molar-refractivity contribution in [3.63, 3.8) is 0 Å². The summed E-state index contributed by atoms with van der Waals surface area (Å²) in [4.78, 5) is 12.1. The van der Waals surface area contributed by atoms with Crippen LogP contribution in [0.5, 0.6) is 0 Å². The predicted octanol–water partition coefficient (Wildman–Crippen LogP) is 5.48. The largest absolute Gasteiger partial charge is 0.416 e. The van der Waals surface area contributed by atoms with Gasteiger partial charge < -0.3 is 0 Å². The van der Waals surface area contributed by atoms with E-state index in [1.54, 1.807) is 30.5 Å². The molecule has 0 radical (unpaired) electrons. The third-order valence-electron chi connectivity index (χ3n) is 4.48. The van der Waals surface area contributed by atoms with Crippen LogP contribution in [-0.4, -0.2) is 15.7 Å². The molecule has 1 aliphatic rings. The Balaban J connectivity index is 1.93. The summed E-state index contributed by atoms with van der Waals surface area (Å²) >= 11 is 0. The molecule has 4 nitrogen and oxygen atoms in total. The van der Waals surface area contributed by atoms with E-state index in [1.807, 2.05) is 0 Å². The maximum atomic E-state index is 13.2. The van der Waals surface area contributed by atoms with Crippen LogP contribution in [0, 0.1) is 11.5 Å². The molecule has 0 atom stereocenters. The van der Waals surface area contributed by atoms with E-state index in [2.05, 4.69) is 15.0 Å². The lowest BCUT2D eigenvalue weighted by Crippen LogP contribution is -2.11. The van der Waals surface area contributed by atoms with Crippen LogP contribution in [0.15, 0.2) is 53.7 Å². The molecular formula is C20H8F6N4. The molecule has 30 heavy (non-hydrogen) atoms. The van der Waals surface area contributed by atoms with Gasteiger partial charge in [-0.25, -0.2) is 9.97 Å². The van der Waals surface area contributed by atoms with Crippen molar-refractivity contribution >= 4 is 5.71 Å². The molecule has 0 fully saturated rings. The van der Waals surface area contributed by atoms with Gasteiger partial charge in [0.2, 0.25) is 6.19 Å². The lowest BCUT2D eigenvalue weighted by molar-refractivity contribution is -0.143. The first-order valence-corrected chi connectivity index (χ1v) is 8.33. The van der Waals surface area contributed by atoms with Crippen molar-refractivity contribution in [2.75, 3.05) is 0 Å². The molecule has 1 aliphatic carbocycles. The number of alkyl halides is 6. The molecule has 0 N–H and O–H groups in total. The minimum absolute atomic E-state index is 0.0529. The van der Waals surface area contributed by atoms with E-state index in [9.17, 15) is 26.3 Å². The van der Waals surface area contributed by atoms with Crippen LogP contribution in [0.2, 0.25) is 0 Å². The number of aliphatic imine (C=N–C) groups is 1. The van der Waals surface area contributed by atoms with Gasteiger partial charge in [-0.2, -0.15) is 36.6 Å². The van der Waals surface area contributed by atoms with E-state index < -0.39 is 23.5 Å². The van der Waals surface area contributed by atoms with Crippen molar-refractivity contribution in [2.45, 2.75) is 12.4 Å². The van der Waals surface area contributed by atoms with Gasteiger partial charge in [-0.3, -0.25) is 0 Å². The molecule has 0 spiro atoms. The summed E-state index contributed by atoms with van der Waals surface area (Å²) in [5.41, 5.74) is -1.67. The first-order valence-electron chi connectivity index (χ1n) is 8.33. The molecule has 0 saturated heterocycles. The molecule has 3 aromatic rings. The summed E-state index contributed by atoms with van der Waals surface area (Å²) in [6, 6.07) is 7.93. The number of rotatable bonds is 1. The highest BCUT2D eigenvalue weighted by Gasteiger charge is 2.37. The van der Waals surface area contributed by atoms with E-state index in [0.717, 1.165) is 6.20 Å². The van der Waals surface area contributed by atoms with Crippen LogP contribution in [0.1, 0.15) is 22.4 Å². The average Bonchev–Trinajstić information content (AvgIpc) is 3.00. The van der Waals surface area contributed by atoms with Crippen LogP contribution in [0.3, 0.4) is 0 Å². The Morgan fingerprint density at radius 1 is 0.833 bits per heavy atom. The van der Waals surface area contributed by atoms with Crippen molar-refractivity contribution in [1.29, 1.82) is 5.26 Å². The molecule has 1 heterocycles. The second kappa shape index (κ2) is 6.66. The standard InChI is InChI=1S/C20H8F6N4/c21-19(22,23)11-5-10(6-12(7-11)20(24,25)26)15-8-28-18-16(29-9-27)13-3-1-2-4-14(13)17(18)30-15/h1-8H. The fourth-order valence-corrected chi connectivity index (χ4v) is 3.18. The summed E-state index contributed by atoms with van der Waals surface area (Å²) in [7, 11) is 0. The molecule has 4 rings (SSSR count). The summed E-state index contributed by atoms with van der Waals surface area (Å²) in [6.07, 6.45) is -7.23. The van der Waals surface area contributed by atoms with Gasteiger partial charge in [-0.1, -0.05) is 24.3 Å². The van der Waals surface area contributed by atoms with Crippen LogP contribution < -0.4 is 0 Å². The van der Waals surface area contributed by atoms with Crippen LogP contribution in [0.4, 0.5) is 26.3 Å². The molecule has 150 valence electrons. The zero-order chi connectivity index (χ0) is 21.7. The summed E-state index contributed by atoms with van der Waals surface area (Å²) in [5.74, 6) is 0. The third-order valence-corrected chi connectivity index (χ3v) is 4.48. The predicted molar refractivity (Wildman–Crippen MR) is 94.2 cm³/mol. The number of nitrogens with zero attached hydrogens (tertiary/aromatic N) is 4. The van der Waals surface area contributed by atoms with Gasteiger partial charge in [-0.05, 0) is 18.2 Å². The Bertz CT molecular complexity index is 1200. The highest BCUT2D eigenvalue weighted by Crippen LogP contribution is 2.40. The van der Waals surface area contributed by atoms with Gasteiger partial charge >= 0.3 is 12.4 Å². The SMILES string of the molecule is N#CN=C1c2ccccc2-c2nc(-c3cc(C(F)(F)F)cc(C(F)(F)F)c3)cnc21. The van der Waals surface area contributed by atoms with Gasteiger partial charge in [-0.15, -0.1) is 0 Å². The molecule has 0 bridgehead atoms. The Morgan fingerprint density at radius 3 is 2.00 bits per heavy atom. The highest BCUT2D eigenvalue weighted by atomic mass is 19.4. The van der Waals surface area contributed by atoms with Crippen molar-refractivity contribution in [1.82, 2.24) is 9.97 Å².